The van der Waals surface area contributed by atoms with Gasteiger partial charge in [0.1, 0.15) is 28.9 Å². The average molecular weight is 855 g/mol. The number of unbranched alkanes of at least 4 members (excludes halogenated alkanes) is 2. The molecule has 63 heavy (non-hydrogen) atoms. The summed E-state index contributed by atoms with van der Waals surface area (Å²) >= 11 is 0. The van der Waals surface area contributed by atoms with Gasteiger partial charge < -0.3 is 34.2 Å². The van der Waals surface area contributed by atoms with Crippen molar-refractivity contribution in [3.63, 3.8) is 0 Å². The Morgan fingerprint density at radius 2 is 1.65 bits per heavy atom. The lowest BCUT2D eigenvalue weighted by atomic mass is 9.55. The van der Waals surface area contributed by atoms with Crippen molar-refractivity contribution in [3.8, 4) is 17.2 Å². The summed E-state index contributed by atoms with van der Waals surface area (Å²) in [4.78, 5) is 23.5. The summed E-state index contributed by atoms with van der Waals surface area (Å²) in [6.45, 7) is 15.1. The van der Waals surface area contributed by atoms with Gasteiger partial charge in [-0.05, 0) is 148 Å². The van der Waals surface area contributed by atoms with E-state index in [1.54, 1.807) is 6.08 Å². The van der Waals surface area contributed by atoms with Gasteiger partial charge in [0.15, 0.2) is 0 Å². The van der Waals surface area contributed by atoms with Crippen LogP contribution < -0.4 is 9.47 Å². The van der Waals surface area contributed by atoms with Gasteiger partial charge in [-0.25, -0.2) is 0 Å². The minimum absolute atomic E-state index is 0.0788. The van der Waals surface area contributed by atoms with Crippen LogP contribution >= 0.6 is 0 Å². The first-order chi connectivity index (χ1) is 30.4. The summed E-state index contributed by atoms with van der Waals surface area (Å²) in [5.74, 6) is 0.517. The first-order valence-electron chi connectivity index (χ1n) is 23.2. The molecule has 0 aromatic heterocycles. The highest BCUT2D eigenvalue weighted by atomic mass is 16.7. The third kappa shape index (κ3) is 9.48. The number of amides is 1. The fraction of sp³-hybridized carbons (Fsp3) is 0.481. The molecule has 0 spiro atoms. The second-order valence-corrected chi connectivity index (χ2v) is 19.2. The van der Waals surface area contributed by atoms with Gasteiger partial charge >= 0.3 is 0 Å². The Morgan fingerprint density at radius 1 is 0.921 bits per heavy atom. The lowest BCUT2D eigenvalue weighted by Gasteiger charge is -2.60. The van der Waals surface area contributed by atoms with E-state index >= 15 is 4.79 Å². The van der Waals surface area contributed by atoms with Crippen LogP contribution in [0.5, 0.6) is 17.2 Å². The summed E-state index contributed by atoms with van der Waals surface area (Å²) in [6.07, 6.45) is 11.0. The van der Waals surface area contributed by atoms with E-state index in [1.165, 1.54) is 5.56 Å². The fourth-order valence-corrected chi connectivity index (χ4v) is 10.3. The number of oxime groups is 1. The molecule has 0 saturated heterocycles. The van der Waals surface area contributed by atoms with E-state index in [1.807, 2.05) is 45.0 Å². The van der Waals surface area contributed by atoms with Crippen LogP contribution in [-0.2, 0) is 20.9 Å². The van der Waals surface area contributed by atoms with Crippen molar-refractivity contribution in [1.82, 2.24) is 4.90 Å². The number of carbonyl (C=O) groups is 1. The molecular weight excluding hydrogens is 789 g/mol. The molecule has 8 rings (SSSR count). The highest BCUT2D eigenvalue weighted by Gasteiger charge is 2.66. The van der Waals surface area contributed by atoms with Gasteiger partial charge in [-0.2, -0.15) is 0 Å². The number of allylic oxidation sites excluding steroid dienone is 1. The van der Waals surface area contributed by atoms with Gasteiger partial charge in [-0.3, -0.25) is 4.79 Å². The molecule has 4 aromatic carbocycles. The number of hydrogen-bond acceptors (Lipinski definition) is 8. The maximum atomic E-state index is 15.1. The smallest absolute Gasteiger partial charge is 0.239 e. The van der Waals surface area contributed by atoms with Gasteiger partial charge in [0.25, 0.3) is 0 Å². The predicted octanol–water partition coefficient (Wildman–Crippen LogP) is 11.1. The zero-order chi connectivity index (χ0) is 44.3. The second-order valence-electron chi connectivity index (χ2n) is 19.2. The molecule has 1 aliphatic heterocycles. The summed E-state index contributed by atoms with van der Waals surface area (Å²) in [5.41, 5.74) is 5.68. The molecule has 4 aliphatic rings. The lowest BCUT2D eigenvalue weighted by molar-refractivity contribution is -0.258. The summed E-state index contributed by atoms with van der Waals surface area (Å²) in [5, 5.41) is 27.3. The third-order valence-corrected chi connectivity index (χ3v) is 13.6. The number of rotatable bonds is 18. The maximum Gasteiger partial charge on any atom is 0.239 e. The maximum absolute atomic E-state index is 15.1. The van der Waals surface area contributed by atoms with Crippen molar-refractivity contribution in [3.05, 3.63) is 125 Å². The largest absolute Gasteiger partial charge is 0.459 e. The van der Waals surface area contributed by atoms with Crippen molar-refractivity contribution in [2.45, 2.75) is 122 Å². The van der Waals surface area contributed by atoms with Gasteiger partial charge in [0, 0.05) is 43.6 Å². The number of nitrogens with zero attached hydrogens (tertiary/aromatic N) is 2. The Hall–Kier alpha value is -4.96. The van der Waals surface area contributed by atoms with Gasteiger partial charge in [-0.15, -0.1) is 6.58 Å². The molecule has 0 radical (unpaired) electrons. The van der Waals surface area contributed by atoms with E-state index in [0.717, 1.165) is 83.0 Å². The number of hydrogen-bond donors (Lipinski definition) is 2. The molecule has 9 heteroatoms. The van der Waals surface area contributed by atoms with E-state index in [0.29, 0.717) is 37.3 Å². The highest BCUT2D eigenvalue weighted by molar-refractivity contribution is 6.03. The summed E-state index contributed by atoms with van der Waals surface area (Å²) in [7, 11) is 0. The normalized spacial score (nSPS) is 24.5. The summed E-state index contributed by atoms with van der Waals surface area (Å²) in [6, 6.07) is 26.4. The Kier molecular flexibility index (Phi) is 13.5. The topological polar surface area (TPSA) is 110 Å². The van der Waals surface area contributed by atoms with Crippen LogP contribution in [-0.4, -0.2) is 64.0 Å². The molecule has 9 nitrogen and oxygen atoms in total. The Labute approximate surface area is 373 Å². The SMILES string of the molecule is C=CCO[C@@]12Oc3ccc(Oc4ccc(C)c(C)c4)cc3[C@H]3[C@H](CCCCO)[C@@H](CCCCO)C=C(C(=NOC(C)(C)C)C[C@@H]1N(Cc1cccc4ccccc14)C(=O)C1CC1)[C@H]32. The van der Waals surface area contributed by atoms with E-state index in [4.69, 9.17) is 24.2 Å². The Morgan fingerprint density at radius 3 is 2.38 bits per heavy atom. The molecule has 3 aliphatic carbocycles. The Bertz CT molecular complexity index is 2340. The van der Waals surface area contributed by atoms with E-state index in [-0.39, 0.29) is 49.4 Å². The van der Waals surface area contributed by atoms with Crippen LogP contribution in [0.3, 0.4) is 0 Å². The van der Waals surface area contributed by atoms with Crippen LogP contribution in [0.4, 0.5) is 0 Å². The van der Waals surface area contributed by atoms with Crippen molar-refractivity contribution >= 4 is 22.4 Å². The quantitative estimate of drug-likeness (QED) is 0.0583. The standard InChI is InChI=1S/C54H66N2O7/c1-7-29-60-54-49(56(52(59)38-22-23-38)34-40-18-14-17-37-15-8-9-19-43(37)40)33-47(55-63-53(4,5)6)45-31-39(16-10-12-27-57)44(20-11-13-28-58)50(51(45)54)46-32-42(25-26-48(46)62-54)61-41-24-21-35(2)36(3)30-41/h7-9,14-15,17-19,21,24-26,30-32,38-39,44,49-51,57-58H,1,10-13,16,20,22-23,27-29,33-34H2,2-6H3/t39-,44+,49-,50+,51+,54+/m0/s1. The molecular formula is C54H66N2O7. The molecule has 6 atom stereocenters. The number of fused-ring (bicyclic) bond motifs is 3. The zero-order valence-electron chi connectivity index (χ0n) is 37.9. The van der Waals surface area contributed by atoms with Gasteiger partial charge in [0.05, 0.1) is 18.2 Å². The average Bonchev–Trinajstić information content (AvgIpc) is 4.12. The van der Waals surface area contributed by atoms with Crippen molar-refractivity contribution < 1.29 is 34.1 Å². The number of aryl methyl sites for hydroxylation is 2. The summed E-state index contributed by atoms with van der Waals surface area (Å²) < 4.78 is 21.4. The third-order valence-electron chi connectivity index (χ3n) is 13.6. The second kappa shape index (κ2) is 19.0. The number of aliphatic hydroxyl groups excluding tert-OH is 2. The number of aliphatic hydroxyl groups is 2. The first kappa shape index (κ1) is 44.6. The van der Waals surface area contributed by atoms with E-state index in [2.05, 4.69) is 86.0 Å². The van der Waals surface area contributed by atoms with Crippen LogP contribution in [0.2, 0.25) is 0 Å². The van der Waals surface area contributed by atoms with E-state index in [9.17, 15) is 10.2 Å². The van der Waals surface area contributed by atoms with Crippen molar-refractivity contribution in [2.24, 2.45) is 28.8 Å². The molecule has 4 aromatic rings. The first-order valence-corrected chi connectivity index (χ1v) is 23.2. The zero-order valence-corrected chi connectivity index (χ0v) is 37.9. The highest BCUT2D eigenvalue weighted by Crippen LogP contribution is 2.62. The number of carbonyl (C=O) groups excluding carboxylic acids is 1. The van der Waals surface area contributed by atoms with Crippen LogP contribution in [0.1, 0.15) is 107 Å². The molecule has 2 fully saturated rings. The molecule has 0 bridgehead atoms. The molecule has 2 saturated carbocycles. The number of ether oxygens (including phenoxy) is 3. The van der Waals surface area contributed by atoms with Crippen LogP contribution in [0.25, 0.3) is 10.8 Å². The predicted molar refractivity (Wildman–Crippen MR) is 249 cm³/mol. The minimum Gasteiger partial charge on any atom is -0.459 e. The number of benzene rings is 4. The van der Waals surface area contributed by atoms with Crippen LogP contribution in [0, 0.1) is 37.5 Å². The molecule has 0 unspecified atom stereocenters. The molecule has 1 amide bonds. The fourth-order valence-electron chi connectivity index (χ4n) is 10.3. The molecule has 2 N–H and O–H groups in total. The van der Waals surface area contributed by atoms with Gasteiger partial charge in [-0.1, -0.05) is 78.7 Å². The van der Waals surface area contributed by atoms with Crippen molar-refractivity contribution in [1.29, 1.82) is 0 Å². The van der Waals surface area contributed by atoms with Crippen molar-refractivity contribution in [2.75, 3.05) is 19.8 Å². The molecule has 1 heterocycles. The monoisotopic (exact) mass is 854 g/mol. The Balaban J connectivity index is 1.36. The minimum atomic E-state index is -1.34. The van der Waals surface area contributed by atoms with E-state index < -0.39 is 23.3 Å². The van der Waals surface area contributed by atoms with Gasteiger partial charge in [0.2, 0.25) is 11.7 Å². The molecule has 334 valence electrons. The lowest BCUT2D eigenvalue weighted by Crippen LogP contribution is -2.70. The van der Waals surface area contributed by atoms with Crippen LogP contribution in [0.15, 0.2) is 108 Å².